The number of nitrogens with zero attached hydrogens (tertiary/aromatic N) is 3. The van der Waals surface area contributed by atoms with E-state index in [-0.39, 0.29) is 6.10 Å². The Bertz CT molecular complexity index is 607. The van der Waals surface area contributed by atoms with Gasteiger partial charge in [0, 0.05) is 55.7 Å². The maximum Gasteiger partial charge on any atom is 0.0954 e. The van der Waals surface area contributed by atoms with Crippen molar-refractivity contribution < 1.29 is 4.74 Å². The summed E-state index contributed by atoms with van der Waals surface area (Å²) in [6, 6.07) is 0. The Balaban J connectivity index is 1.52. The van der Waals surface area contributed by atoms with Crippen molar-refractivity contribution in [2.24, 2.45) is 13.0 Å². The monoisotopic (exact) mass is 320 g/mol. The molecule has 1 fully saturated rings. The zero-order valence-electron chi connectivity index (χ0n) is 13.5. The van der Waals surface area contributed by atoms with Gasteiger partial charge in [-0.3, -0.25) is 4.68 Å². The van der Waals surface area contributed by atoms with Crippen LogP contribution < -0.4 is 5.32 Å². The lowest BCUT2D eigenvalue weighted by molar-refractivity contribution is 0.0904. The van der Waals surface area contributed by atoms with Crippen LogP contribution in [0.15, 0.2) is 17.8 Å². The summed E-state index contributed by atoms with van der Waals surface area (Å²) in [4.78, 5) is 4.67. The van der Waals surface area contributed by atoms with Crippen LogP contribution in [-0.4, -0.2) is 27.9 Å². The van der Waals surface area contributed by atoms with E-state index in [0.717, 1.165) is 31.8 Å². The van der Waals surface area contributed by atoms with E-state index >= 15 is 0 Å². The summed E-state index contributed by atoms with van der Waals surface area (Å²) in [5.41, 5.74) is 2.33. The molecule has 5 nitrogen and oxygen atoms in total. The van der Waals surface area contributed by atoms with Gasteiger partial charge in [-0.1, -0.05) is 13.8 Å². The molecule has 6 heteroatoms. The standard InChI is InChI=1S/C16H24N4OS/c1-11(2)16-19-14(10-22-16)8-17-6-12-4-5-21-15(12)13-7-18-20(3)9-13/h7,9-12,15,17H,4-6,8H2,1-3H3/t12-,15-/m1/s1. The third kappa shape index (κ3) is 3.56. The van der Waals surface area contributed by atoms with Gasteiger partial charge in [-0.15, -0.1) is 11.3 Å². The van der Waals surface area contributed by atoms with E-state index in [1.807, 2.05) is 17.9 Å². The summed E-state index contributed by atoms with van der Waals surface area (Å²) < 4.78 is 7.73. The minimum absolute atomic E-state index is 0.169. The summed E-state index contributed by atoms with van der Waals surface area (Å²) in [6.07, 6.45) is 5.24. The summed E-state index contributed by atoms with van der Waals surface area (Å²) in [5, 5.41) is 11.2. The van der Waals surface area contributed by atoms with Gasteiger partial charge in [-0.2, -0.15) is 5.10 Å². The number of ether oxygens (including phenoxy) is 1. The Kier molecular flexibility index (Phi) is 4.90. The summed E-state index contributed by atoms with van der Waals surface area (Å²) in [6.45, 7) is 6.99. The highest BCUT2D eigenvalue weighted by Crippen LogP contribution is 2.33. The van der Waals surface area contributed by atoms with Crippen LogP contribution in [0.4, 0.5) is 0 Å². The van der Waals surface area contributed by atoms with Gasteiger partial charge in [0.2, 0.25) is 0 Å². The molecule has 0 unspecified atom stereocenters. The second-order valence-corrected chi connectivity index (χ2v) is 7.14. The number of aryl methyl sites for hydroxylation is 1. The Labute approximate surface area is 135 Å². The smallest absolute Gasteiger partial charge is 0.0954 e. The molecule has 3 rings (SSSR count). The van der Waals surface area contributed by atoms with Gasteiger partial charge in [0.25, 0.3) is 0 Å². The van der Waals surface area contributed by atoms with E-state index < -0.39 is 0 Å². The fourth-order valence-electron chi connectivity index (χ4n) is 2.85. The Morgan fingerprint density at radius 1 is 1.50 bits per heavy atom. The molecule has 2 aromatic heterocycles. The molecular weight excluding hydrogens is 296 g/mol. The highest BCUT2D eigenvalue weighted by atomic mass is 32.1. The molecule has 0 aliphatic carbocycles. The number of thiazole rings is 1. The predicted molar refractivity (Wildman–Crippen MR) is 87.9 cm³/mol. The Morgan fingerprint density at radius 2 is 2.36 bits per heavy atom. The number of rotatable bonds is 6. The van der Waals surface area contributed by atoms with Crippen molar-refractivity contribution in [2.75, 3.05) is 13.2 Å². The lowest BCUT2D eigenvalue weighted by atomic mass is 9.97. The van der Waals surface area contributed by atoms with Crippen LogP contribution in [-0.2, 0) is 18.3 Å². The van der Waals surface area contributed by atoms with Crippen LogP contribution in [0.2, 0.25) is 0 Å². The molecule has 1 N–H and O–H groups in total. The molecule has 1 aliphatic rings. The number of nitrogens with one attached hydrogen (secondary N) is 1. The largest absolute Gasteiger partial charge is 0.373 e. The lowest BCUT2D eigenvalue weighted by Gasteiger charge is -2.17. The minimum Gasteiger partial charge on any atom is -0.373 e. The number of hydrogen-bond acceptors (Lipinski definition) is 5. The van der Waals surface area contributed by atoms with Crippen LogP contribution >= 0.6 is 11.3 Å². The first-order valence-corrected chi connectivity index (χ1v) is 8.76. The second-order valence-electron chi connectivity index (χ2n) is 6.25. The number of hydrogen-bond donors (Lipinski definition) is 1. The van der Waals surface area contributed by atoms with Crippen molar-refractivity contribution in [3.63, 3.8) is 0 Å². The molecule has 0 saturated carbocycles. The molecule has 1 saturated heterocycles. The van der Waals surface area contributed by atoms with Crippen LogP contribution in [0.5, 0.6) is 0 Å². The Hall–Kier alpha value is -1.24. The average molecular weight is 320 g/mol. The van der Waals surface area contributed by atoms with Crippen LogP contribution in [0.25, 0.3) is 0 Å². The van der Waals surface area contributed by atoms with Crippen molar-refractivity contribution in [3.8, 4) is 0 Å². The van der Waals surface area contributed by atoms with Crippen LogP contribution in [0, 0.1) is 5.92 Å². The minimum atomic E-state index is 0.169. The van der Waals surface area contributed by atoms with Crippen molar-refractivity contribution in [3.05, 3.63) is 34.0 Å². The van der Waals surface area contributed by atoms with Crippen molar-refractivity contribution in [1.29, 1.82) is 0 Å². The third-order valence-electron chi connectivity index (χ3n) is 4.04. The van der Waals surface area contributed by atoms with Crippen molar-refractivity contribution >= 4 is 11.3 Å². The molecule has 0 amide bonds. The maximum atomic E-state index is 5.90. The molecule has 2 aromatic rings. The quantitative estimate of drug-likeness (QED) is 0.889. The molecule has 1 aliphatic heterocycles. The first-order valence-electron chi connectivity index (χ1n) is 7.88. The van der Waals surface area contributed by atoms with Gasteiger partial charge in [-0.25, -0.2) is 4.98 Å². The maximum absolute atomic E-state index is 5.90. The van der Waals surface area contributed by atoms with E-state index in [2.05, 4.69) is 40.8 Å². The molecule has 3 heterocycles. The molecule has 0 spiro atoms. The SMILES string of the molecule is CC(C)c1nc(CNC[C@H]2CCO[C@H]2c2cnn(C)c2)cs1. The fourth-order valence-corrected chi connectivity index (χ4v) is 3.69. The number of aromatic nitrogens is 3. The van der Waals surface area contributed by atoms with E-state index in [4.69, 9.17) is 4.74 Å². The highest BCUT2D eigenvalue weighted by molar-refractivity contribution is 7.09. The lowest BCUT2D eigenvalue weighted by Crippen LogP contribution is -2.24. The molecule has 22 heavy (non-hydrogen) atoms. The van der Waals surface area contributed by atoms with Gasteiger partial charge >= 0.3 is 0 Å². The zero-order chi connectivity index (χ0) is 15.5. The van der Waals surface area contributed by atoms with Gasteiger partial charge in [0.1, 0.15) is 0 Å². The van der Waals surface area contributed by atoms with Gasteiger partial charge < -0.3 is 10.1 Å². The first-order chi connectivity index (χ1) is 10.6. The molecule has 0 radical (unpaired) electrons. The van der Waals surface area contributed by atoms with E-state index in [1.54, 1.807) is 11.3 Å². The summed E-state index contributed by atoms with van der Waals surface area (Å²) in [7, 11) is 1.94. The van der Waals surface area contributed by atoms with Gasteiger partial charge in [0.15, 0.2) is 0 Å². The molecule has 0 bridgehead atoms. The summed E-state index contributed by atoms with van der Waals surface area (Å²) in [5.74, 6) is 1.02. The van der Waals surface area contributed by atoms with Gasteiger partial charge in [0.05, 0.1) is 23.0 Å². The van der Waals surface area contributed by atoms with Crippen LogP contribution in [0.3, 0.4) is 0 Å². The topological polar surface area (TPSA) is 52.0 Å². The zero-order valence-corrected chi connectivity index (χ0v) is 14.3. The molecule has 2 atom stereocenters. The summed E-state index contributed by atoms with van der Waals surface area (Å²) >= 11 is 1.75. The van der Waals surface area contributed by atoms with E-state index in [0.29, 0.717) is 11.8 Å². The van der Waals surface area contributed by atoms with E-state index in [9.17, 15) is 0 Å². The molecule has 0 aromatic carbocycles. The normalized spacial score (nSPS) is 21.8. The predicted octanol–water partition coefficient (Wildman–Crippen LogP) is 2.87. The van der Waals surface area contributed by atoms with Crippen molar-refractivity contribution in [2.45, 2.75) is 38.8 Å². The van der Waals surface area contributed by atoms with Crippen molar-refractivity contribution in [1.82, 2.24) is 20.1 Å². The molecular formula is C16H24N4OS. The first kappa shape index (κ1) is 15.6. The average Bonchev–Trinajstić information content (AvgIpc) is 3.18. The Morgan fingerprint density at radius 3 is 3.05 bits per heavy atom. The third-order valence-corrected chi connectivity index (χ3v) is 5.24. The molecule has 120 valence electrons. The highest BCUT2D eigenvalue weighted by Gasteiger charge is 2.30. The fraction of sp³-hybridized carbons (Fsp3) is 0.625. The van der Waals surface area contributed by atoms with Gasteiger partial charge in [-0.05, 0) is 6.42 Å². The van der Waals surface area contributed by atoms with Crippen LogP contribution in [0.1, 0.15) is 48.6 Å². The van der Waals surface area contributed by atoms with E-state index in [1.165, 1.54) is 10.6 Å². The second kappa shape index (κ2) is 6.89.